The molecule has 0 aliphatic rings. The Balaban J connectivity index is 2.98. The van der Waals surface area contributed by atoms with Crippen LogP contribution < -0.4 is 5.73 Å². The van der Waals surface area contributed by atoms with Crippen LogP contribution in [0.1, 0.15) is 12.5 Å². The molecule has 0 aliphatic carbocycles. The zero-order valence-corrected chi connectivity index (χ0v) is 10.6. The molecule has 6 nitrogen and oxygen atoms in total. The summed E-state index contributed by atoms with van der Waals surface area (Å²) in [5.74, 6) is -1.99. The Bertz CT molecular complexity index is 529. The van der Waals surface area contributed by atoms with Crippen LogP contribution in [0.2, 0.25) is 0 Å². The quantitative estimate of drug-likeness (QED) is 0.365. The number of hydrogen-bond acceptors (Lipinski definition) is 5. The molecular weight excluding hydrogens is 253 g/mol. The minimum atomic E-state index is -0.773. The second-order valence-electron chi connectivity index (χ2n) is 3.43. The number of nitrogen functional groups attached to an aromatic ring is 1. The summed E-state index contributed by atoms with van der Waals surface area (Å²) in [6.45, 7) is 1.80. The fourth-order valence-electron chi connectivity index (χ4n) is 1.22. The minimum Gasteiger partial charge on any atom is -0.476 e. The van der Waals surface area contributed by atoms with Crippen LogP contribution in [0.15, 0.2) is 23.2 Å². The van der Waals surface area contributed by atoms with Gasteiger partial charge in [0.15, 0.2) is 5.84 Å². The highest BCUT2D eigenvalue weighted by Crippen LogP contribution is 2.13. The number of aliphatic imine (C=N–C) groups is 1. The van der Waals surface area contributed by atoms with Crippen molar-refractivity contribution in [2.45, 2.75) is 6.92 Å². The molecule has 1 aromatic carbocycles. The van der Waals surface area contributed by atoms with Crippen molar-refractivity contribution in [3.8, 4) is 0 Å². The summed E-state index contributed by atoms with van der Waals surface area (Å²) in [5.41, 5.74) is 5.54. The normalized spacial score (nSPS) is 11.0. The largest absolute Gasteiger partial charge is 0.476 e. The maximum Gasteiger partial charge on any atom is 0.394 e. The van der Waals surface area contributed by atoms with Crippen molar-refractivity contribution in [1.82, 2.24) is 0 Å². The average molecular weight is 267 g/mol. The number of hydrogen-bond donors (Lipinski definition) is 2. The van der Waals surface area contributed by atoms with Gasteiger partial charge in [-0.2, -0.15) is 4.99 Å². The van der Waals surface area contributed by atoms with E-state index in [4.69, 9.17) is 20.6 Å². The molecule has 3 N–H and O–H groups in total. The van der Waals surface area contributed by atoms with E-state index in [-0.39, 0.29) is 29.6 Å². The maximum absolute atomic E-state index is 13.0. The van der Waals surface area contributed by atoms with Crippen molar-refractivity contribution in [3.05, 3.63) is 29.6 Å². The number of methoxy groups -OCH3 is 1. The molecule has 0 unspecified atom stereocenters. The van der Waals surface area contributed by atoms with Crippen LogP contribution in [-0.2, 0) is 14.3 Å². The number of carbonyl (C=O) groups excluding carboxylic acids is 1. The van der Waals surface area contributed by atoms with Crippen LogP contribution in [0.25, 0.3) is 0 Å². The van der Waals surface area contributed by atoms with Crippen LogP contribution in [-0.4, -0.2) is 31.4 Å². The van der Waals surface area contributed by atoms with Crippen molar-refractivity contribution < 1.29 is 18.7 Å². The molecule has 0 bridgehead atoms. The first-order valence-electron chi connectivity index (χ1n) is 5.43. The topological polar surface area (TPSA) is 97.8 Å². The Hall–Kier alpha value is -2.44. The molecule has 0 saturated heterocycles. The molecule has 1 aromatic rings. The highest BCUT2D eigenvalue weighted by molar-refractivity contribution is 6.35. The summed E-state index contributed by atoms with van der Waals surface area (Å²) in [6.07, 6.45) is 0. The first-order chi connectivity index (χ1) is 8.99. The number of nitrogens with two attached hydrogens (primary N) is 1. The predicted molar refractivity (Wildman–Crippen MR) is 68.7 cm³/mol. The lowest BCUT2D eigenvalue weighted by Crippen LogP contribution is -2.21. The van der Waals surface area contributed by atoms with Gasteiger partial charge < -0.3 is 15.2 Å². The number of amidine groups is 1. The standard InChI is InChI=1S/C12H14FN3O3/c1-3-19-12(17)11(18-2)16-10(15)7-4-5-8(13)9(14)6-7/h4-6,15H,3,14H2,1-2H3/b15-10?,16-11-. The lowest BCUT2D eigenvalue weighted by molar-refractivity contribution is -0.136. The van der Waals surface area contributed by atoms with Crippen molar-refractivity contribution in [3.63, 3.8) is 0 Å². The Morgan fingerprint density at radius 1 is 1.53 bits per heavy atom. The molecule has 0 saturated carbocycles. The Morgan fingerprint density at radius 2 is 2.21 bits per heavy atom. The van der Waals surface area contributed by atoms with E-state index in [1.807, 2.05) is 0 Å². The van der Waals surface area contributed by atoms with Gasteiger partial charge in [-0.1, -0.05) is 0 Å². The summed E-state index contributed by atoms with van der Waals surface area (Å²) in [4.78, 5) is 15.1. The molecule has 7 heteroatoms. The summed E-state index contributed by atoms with van der Waals surface area (Å²) in [5, 5.41) is 7.70. The van der Waals surface area contributed by atoms with Gasteiger partial charge in [-0.3, -0.25) is 5.41 Å². The van der Waals surface area contributed by atoms with E-state index in [0.29, 0.717) is 0 Å². The molecule has 0 amide bonds. The van der Waals surface area contributed by atoms with E-state index in [2.05, 4.69) is 4.99 Å². The number of halogens is 1. The Morgan fingerprint density at radius 3 is 2.74 bits per heavy atom. The number of anilines is 1. The lowest BCUT2D eigenvalue weighted by Gasteiger charge is -2.05. The number of nitrogens with one attached hydrogen (secondary N) is 1. The maximum atomic E-state index is 13.0. The summed E-state index contributed by atoms with van der Waals surface area (Å²) < 4.78 is 22.4. The molecule has 0 aromatic heterocycles. The van der Waals surface area contributed by atoms with Gasteiger partial charge in [-0.25, -0.2) is 9.18 Å². The number of carbonyl (C=O) groups is 1. The summed E-state index contributed by atoms with van der Waals surface area (Å²) in [6, 6.07) is 3.70. The highest BCUT2D eigenvalue weighted by Gasteiger charge is 2.15. The van der Waals surface area contributed by atoms with Crippen LogP contribution in [0.5, 0.6) is 0 Å². The number of esters is 1. The van der Waals surface area contributed by atoms with Gasteiger partial charge in [-0.15, -0.1) is 0 Å². The van der Waals surface area contributed by atoms with Gasteiger partial charge >= 0.3 is 11.9 Å². The molecule has 0 aliphatic heterocycles. The molecule has 1 rings (SSSR count). The van der Waals surface area contributed by atoms with Crippen LogP contribution in [0.4, 0.5) is 10.1 Å². The smallest absolute Gasteiger partial charge is 0.394 e. The third-order valence-electron chi connectivity index (χ3n) is 2.13. The van der Waals surface area contributed by atoms with Crippen LogP contribution in [0, 0.1) is 11.2 Å². The van der Waals surface area contributed by atoms with E-state index >= 15 is 0 Å². The second kappa shape index (κ2) is 6.48. The second-order valence-corrected chi connectivity index (χ2v) is 3.43. The number of ether oxygens (including phenoxy) is 2. The minimum absolute atomic E-state index is 0.104. The SMILES string of the molecule is CCOC(=O)/C(=N/C(=N)c1ccc(F)c(N)c1)OC. The molecule has 0 radical (unpaired) electrons. The average Bonchev–Trinajstić information content (AvgIpc) is 2.39. The molecular formula is C12H14FN3O3. The number of benzene rings is 1. The Kier molecular flexibility index (Phi) is 4.99. The fourth-order valence-corrected chi connectivity index (χ4v) is 1.22. The van der Waals surface area contributed by atoms with Gasteiger partial charge in [-0.05, 0) is 25.1 Å². The van der Waals surface area contributed by atoms with Gasteiger partial charge in [0.2, 0.25) is 0 Å². The van der Waals surface area contributed by atoms with Crippen LogP contribution >= 0.6 is 0 Å². The Labute approximate surface area is 109 Å². The number of nitrogens with zero attached hydrogens (tertiary/aromatic N) is 1. The molecule has 102 valence electrons. The zero-order chi connectivity index (χ0) is 14.4. The molecule has 0 spiro atoms. The summed E-state index contributed by atoms with van der Waals surface area (Å²) in [7, 11) is 1.24. The van der Waals surface area contributed by atoms with E-state index in [1.165, 1.54) is 19.2 Å². The molecule has 0 fully saturated rings. The monoisotopic (exact) mass is 267 g/mol. The highest BCUT2D eigenvalue weighted by atomic mass is 19.1. The fraction of sp³-hybridized carbons (Fsp3) is 0.250. The van der Waals surface area contributed by atoms with Crippen molar-refractivity contribution >= 4 is 23.4 Å². The van der Waals surface area contributed by atoms with Crippen molar-refractivity contribution in [2.75, 3.05) is 19.5 Å². The van der Waals surface area contributed by atoms with Gasteiger partial charge in [0, 0.05) is 5.56 Å². The first-order valence-corrected chi connectivity index (χ1v) is 5.43. The zero-order valence-electron chi connectivity index (χ0n) is 10.6. The van der Waals surface area contributed by atoms with E-state index in [1.54, 1.807) is 6.92 Å². The third kappa shape index (κ3) is 3.77. The van der Waals surface area contributed by atoms with E-state index < -0.39 is 11.8 Å². The lowest BCUT2D eigenvalue weighted by atomic mass is 10.2. The van der Waals surface area contributed by atoms with Gasteiger partial charge in [0.05, 0.1) is 19.4 Å². The number of rotatable bonds is 2. The van der Waals surface area contributed by atoms with E-state index in [0.717, 1.165) is 6.07 Å². The molecule has 0 heterocycles. The van der Waals surface area contributed by atoms with Crippen molar-refractivity contribution in [2.24, 2.45) is 4.99 Å². The van der Waals surface area contributed by atoms with Gasteiger partial charge in [0.25, 0.3) is 0 Å². The molecule has 19 heavy (non-hydrogen) atoms. The predicted octanol–water partition coefficient (Wildman–Crippen LogP) is 1.34. The van der Waals surface area contributed by atoms with Gasteiger partial charge in [0.1, 0.15) is 5.82 Å². The molecule has 0 atom stereocenters. The van der Waals surface area contributed by atoms with E-state index in [9.17, 15) is 9.18 Å². The summed E-state index contributed by atoms with van der Waals surface area (Å²) >= 11 is 0. The van der Waals surface area contributed by atoms with Crippen LogP contribution in [0.3, 0.4) is 0 Å². The van der Waals surface area contributed by atoms with Crippen molar-refractivity contribution in [1.29, 1.82) is 5.41 Å². The first kappa shape index (κ1) is 14.6. The third-order valence-corrected chi connectivity index (χ3v) is 2.13.